The van der Waals surface area contributed by atoms with E-state index in [-0.39, 0.29) is 18.6 Å². The summed E-state index contributed by atoms with van der Waals surface area (Å²) in [5, 5.41) is 27.1. The lowest BCUT2D eigenvalue weighted by Crippen LogP contribution is -2.22. The number of aryl methyl sites for hydroxylation is 1. The number of carbonyl (C=O) groups is 1. The van der Waals surface area contributed by atoms with Gasteiger partial charge < -0.3 is 20.6 Å². The molecule has 2 aromatic carbocycles. The van der Waals surface area contributed by atoms with Crippen molar-refractivity contribution in [2.75, 3.05) is 31.3 Å². The minimum atomic E-state index is -0.381. The summed E-state index contributed by atoms with van der Waals surface area (Å²) in [6, 6.07) is 14.7. The number of aromatic amines is 1. The van der Waals surface area contributed by atoms with Crippen molar-refractivity contribution in [2.24, 2.45) is 0 Å². The molecule has 0 unspecified atom stereocenters. The molecule has 174 valence electrons. The van der Waals surface area contributed by atoms with E-state index in [1.54, 1.807) is 37.5 Å². The highest BCUT2D eigenvalue weighted by Crippen LogP contribution is 2.29. The SMILES string of the molecule is Cc1cc(Nc2ncc(-c3cn[nH]n3)c(N[C@H](CO)c3ccccc3)n2)ccc1C(=O)N(C)C. The molecule has 0 spiro atoms. The van der Waals surface area contributed by atoms with Gasteiger partial charge in [0.05, 0.1) is 24.4 Å². The Morgan fingerprint density at radius 1 is 1.15 bits per heavy atom. The number of nitrogens with one attached hydrogen (secondary N) is 3. The number of aromatic nitrogens is 5. The molecule has 0 saturated carbocycles. The van der Waals surface area contributed by atoms with E-state index < -0.39 is 0 Å². The summed E-state index contributed by atoms with van der Waals surface area (Å²) in [5.74, 6) is 0.788. The van der Waals surface area contributed by atoms with Gasteiger partial charge in [0.2, 0.25) is 5.95 Å². The molecule has 34 heavy (non-hydrogen) atoms. The van der Waals surface area contributed by atoms with Gasteiger partial charge in [0.15, 0.2) is 0 Å². The molecule has 0 bridgehead atoms. The van der Waals surface area contributed by atoms with Gasteiger partial charge in [0.25, 0.3) is 5.91 Å². The summed E-state index contributed by atoms with van der Waals surface area (Å²) in [5.41, 5.74) is 4.34. The summed E-state index contributed by atoms with van der Waals surface area (Å²) >= 11 is 0. The first kappa shape index (κ1) is 22.9. The smallest absolute Gasteiger partial charge is 0.253 e. The molecule has 0 aliphatic heterocycles. The Hall–Kier alpha value is -4.31. The summed E-state index contributed by atoms with van der Waals surface area (Å²) in [6.07, 6.45) is 3.23. The van der Waals surface area contributed by atoms with Crippen molar-refractivity contribution >= 4 is 23.4 Å². The third-order valence-corrected chi connectivity index (χ3v) is 5.29. The van der Waals surface area contributed by atoms with Crippen molar-refractivity contribution in [3.05, 3.63) is 77.6 Å². The van der Waals surface area contributed by atoms with Crippen molar-refractivity contribution in [1.82, 2.24) is 30.3 Å². The number of H-pyrrole nitrogens is 1. The minimum Gasteiger partial charge on any atom is -0.394 e. The normalized spacial score (nSPS) is 11.6. The molecule has 4 rings (SSSR count). The van der Waals surface area contributed by atoms with Gasteiger partial charge in [-0.05, 0) is 36.2 Å². The van der Waals surface area contributed by atoms with Crippen molar-refractivity contribution in [1.29, 1.82) is 0 Å². The van der Waals surface area contributed by atoms with Gasteiger partial charge >= 0.3 is 0 Å². The van der Waals surface area contributed by atoms with Gasteiger partial charge in [0.1, 0.15) is 11.5 Å². The standard InChI is InChI=1S/C24H26N8O2/c1-15-11-17(9-10-18(15)23(34)32(2)3)27-24-25-12-19(20-13-26-31-30-20)22(29-24)28-21(14-33)16-7-5-4-6-8-16/h4-13,21,33H,14H2,1-3H3,(H,26,30,31)(H2,25,27,28,29)/t21-/m1/s1. The number of aliphatic hydroxyl groups is 1. The number of hydrogen-bond acceptors (Lipinski definition) is 8. The second kappa shape index (κ2) is 10.1. The average Bonchev–Trinajstić information content (AvgIpc) is 3.37. The summed E-state index contributed by atoms with van der Waals surface area (Å²) in [7, 11) is 3.45. The fourth-order valence-electron chi connectivity index (χ4n) is 3.51. The van der Waals surface area contributed by atoms with E-state index in [9.17, 15) is 9.90 Å². The molecular formula is C24H26N8O2. The van der Waals surface area contributed by atoms with Crippen LogP contribution in [0.2, 0.25) is 0 Å². The van der Waals surface area contributed by atoms with Gasteiger partial charge in [-0.1, -0.05) is 30.3 Å². The quantitative estimate of drug-likeness (QED) is 0.317. The van der Waals surface area contributed by atoms with E-state index in [4.69, 9.17) is 0 Å². The number of rotatable bonds is 8. The molecular weight excluding hydrogens is 432 g/mol. The molecule has 0 saturated heterocycles. The van der Waals surface area contributed by atoms with E-state index >= 15 is 0 Å². The van der Waals surface area contributed by atoms with Gasteiger partial charge in [-0.25, -0.2) is 4.98 Å². The summed E-state index contributed by atoms with van der Waals surface area (Å²) in [4.78, 5) is 22.9. The molecule has 4 N–H and O–H groups in total. The second-order valence-corrected chi connectivity index (χ2v) is 7.96. The molecule has 2 aromatic heterocycles. The lowest BCUT2D eigenvalue weighted by molar-refractivity contribution is 0.0827. The number of carbonyl (C=O) groups excluding carboxylic acids is 1. The lowest BCUT2D eigenvalue weighted by atomic mass is 10.1. The zero-order chi connectivity index (χ0) is 24.1. The van der Waals surface area contributed by atoms with Gasteiger partial charge in [-0.15, -0.1) is 0 Å². The van der Waals surface area contributed by atoms with Crippen LogP contribution in [-0.2, 0) is 0 Å². The molecule has 0 fully saturated rings. The van der Waals surface area contributed by atoms with Crippen molar-refractivity contribution in [2.45, 2.75) is 13.0 Å². The lowest BCUT2D eigenvalue weighted by Gasteiger charge is -2.19. The third kappa shape index (κ3) is 5.02. The predicted molar refractivity (Wildman–Crippen MR) is 130 cm³/mol. The first-order chi connectivity index (χ1) is 16.5. The molecule has 1 atom stereocenters. The predicted octanol–water partition coefficient (Wildman–Crippen LogP) is 3.16. The molecule has 0 radical (unpaired) electrons. The summed E-state index contributed by atoms with van der Waals surface area (Å²) in [6.45, 7) is 1.75. The highest BCUT2D eigenvalue weighted by molar-refractivity contribution is 5.95. The Balaban J connectivity index is 1.65. The molecule has 10 heteroatoms. The van der Waals surface area contributed by atoms with E-state index in [1.165, 1.54) is 0 Å². The minimum absolute atomic E-state index is 0.0558. The number of amides is 1. The van der Waals surface area contributed by atoms with Crippen LogP contribution in [0.25, 0.3) is 11.3 Å². The third-order valence-electron chi connectivity index (χ3n) is 5.29. The van der Waals surface area contributed by atoms with Crippen LogP contribution in [0.1, 0.15) is 27.5 Å². The van der Waals surface area contributed by atoms with Crippen LogP contribution in [-0.4, -0.2) is 62.0 Å². The fourth-order valence-corrected chi connectivity index (χ4v) is 3.51. The molecule has 0 aliphatic rings. The molecule has 1 amide bonds. The van der Waals surface area contributed by atoms with Crippen LogP contribution in [0.4, 0.5) is 17.5 Å². The Bertz CT molecular complexity index is 1260. The topological polar surface area (TPSA) is 132 Å². The number of anilines is 3. The first-order valence-electron chi connectivity index (χ1n) is 10.7. The van der Waals surface area contributed by atoms with Gasteiger partial charge in [-0.3, -0.25) is 4.79 Å². The Kier molecular flexibility index (Phi) is 6.79. The van der Waals surface area contributed by atoms with Crippen molar-refractivity contribution < 1.29 is 9.90 Å². The Morgan fingerprint density at radius 2 is 1.94 bits per heavy atom. The molecule has 2 heterocycles. The zero-order valence-corrected chi connectivity index (χ0v) is 19.1. The number of benzene rings is 2. The van der Waals surface area contributed by atoms with Crippen LogP contribution >= 0.6 is 0 Å². The van der Waals surface area contributed by atoms with Crippen molar-refractivity contribution in [3.63, 3.8) is 0 Å². The van der Waals surface area contributed by atoms with Gasteiger partial charge in [0, 0.05) is 31.5 Å². The Morgan fingerprint density at radius 3 is 2.59 bits per heavy atom. The van der Waals surface area contributed by atoms with Gasteiger partial charge in [-0.2, -0.15) is 20.4 Å². The average molecular weight is 459 g/mol. The van der Waals surface area contributed by atoms with Crippen molar-refractivity contribution in [3.8, 4) is 11.3 Å². The molecule has 10 nitrogen and oxygen atoms in total. The first-order valence-corrected chi connectivity index (χ1v) is 10.7. The number of hydrogen-bond donors (Lipinski definition) is 4. The van der Waals surface area contributed by atoms with Crippen LogP contribution in [0.15, 0.2) is 60.9 Å². The maximum atomic E-state index is 12.3. The maximum Gasteiger partial charge on any atom is 0.253 e. The zero-order valence-electron chi connectivity index (χ0n) is 19.1. The van der Waals surface area contributed by atoms with Crippen LogP contribution in [0.5, 0.6) is 0 Å². The van der Waals surface area contributed by atoms with Crippen LogP contribution in [0.3, 0.4) is 0 Å². The van der Waals surface area contributed by atoms with Crippen LogP contribution < -0.4 is 10.6 Å². The van der Waals surface area contributed by atoms with E-state index in [2.05, 4.69) is 36.0 Å². The highest BCUT2D eigenvalue weighted by atomic mass is 16.3. The molecule has 4 aromatic rings. The summed E-state index contributed by atoms with van der Waals surface area (Å²) < 4.78 is 0. The van der Waals surface area contributed by atoms with E-state index in [0.717, 1.165) is 16.8 Å². The number of aliphatic hydroxyl groups excluding tert-OH is 1. The molecule has 0 aliphatic carbocycles. The second-order valence-electron chi connectivity index (χ2n) is 7.96. The number of nitrogens with zero attached hydrogens (tertiary/aromatic N) is 5. The highest BCUT2D eigenvalue weighted by Gasteiger charge is 2.18. The maximum absolute atomic E-state index is 12.3. The van der Waals surface area contributed by atoms with Crippen LogP contribution in [0, 0.1) is 6.92 Å². The van der Waals surface area contributed by atoms with E-state index in [1.807, 2.05) is 49.4 Å². The fraction of sp³-hybridized carbons (Fsp3) is 0.208. The Labute approximate surface area is 197 Å². The largest absolute Gasteiger partial charge is 0.394 e. The monoisotopic (exact) mass is 458 g/mol. The van der Waals surface area contributed by atoms with E-state index in [0.29, 0.717) is 28.6 Å².